The highest BCUT2D eigenvalue weighted by molar-refractivity contribution is 6.29. The highest BCUT2D eigenvalue weighted by Gasteiger charge is 2.32. The van der Waals surface area contributed by atoms with E-state index >= 15 is 0 Å². The number of hydrogen-bond acceptors (Lipinski definition) is 6. The van der Waals surface area contributed by atoms with Crippen LogP contribution in [0.1, 0.15) is 18.7 Å². The molecule has 122 valence electrons. The van der Waals surface area contributed by atoms with E-state index in [1.807, 2.05) is 6.07 Å². The van der Waals surface area contributed by atoms with Crippen molar-refractivity contribution in [2.75, 3.05) is 31.3 Å². The fourth-order valence-corrected chi connectivity index (χ4v) is 3.47. The van der Waals surface area contributed by atoms with Gasteiger partial charge in [-0.05, 0) is 31.5 Å². The Morgan fingerprint density at radius 2 is 2.30 bits per heavy atom. The lowest BCUT2D eigenvalue weighted by molar-refractivity contribution is 0.193. The molecule has 0 unspecified atom stereocenters. The van der Waals surface area contributed by atoms with Gasteiger partial charge in [-0.1, -0.05) is 11.6 Å². The zero-order valence-corrected chi connectivity index (χ0v) is 13.6. The molecule has 2 aromatic rings. The van der Waals surface area contributed by atoms with Crippen LogP contribution in [0.25, 0.3) is 0 Å². The molecule has 1 saturated heterocycles. The van der Waals surface area contributed by atoms with Gasteiger partial charge in [0.2, 0.25) is 0 Å². The summed E-state index contributed by atoms with van der Waals surface area (Å²) in [5, 5.41) is 0.510. The van der Waals surface area contributed by atoms with Gasteiger partial charge >= 0.3 is 0 Å². The van der Waals surface area contributed by atoms with Crippen molar-refractivity contribution >= 4 is 17.4 Å². The first kappa shape index (κ1) is 14.8. The molecule has 0 spiro atoms. The van der Waals surface area contributed by atoms with E-state index in [1.54, 1.807) is 18.5 Å². The molecular formula is C16H19ClN4O2. The van der Waals surface area contributed by atoms with Crippen LogP contribution in [0.5, 0.6) is 5.75 Å². The zero-order chi connectivity index (χ0) is 15.6. The molecule has 0 bridgehead atoms. The molecule has 0 amide bonds. The van der Waals surface area contributed by atoms with E-state index in [4.69, 9.17) is 20.8 Å². The molecule has 2 aromatic heterocycles. The van der Waals surface area contributed by atoms with Crippen molar-refractivity contribution in [3.8, 4) is 5.75 Å². The average molecular weight is 335 g/mol. The highest BCUT2D eigenvalue weighted by atomic mass is 35.5. The van der Waals surface area contributed by atoms with Crippen LogP contribution in [0.15, 0.2) is 29.0 Å². The van der Waals surface area contributed by atoms with Crippen LogP contribution in [-0.4, -0.2) is 47.3 Å². The Kier molecular flexibility index (Phi) is 4.10. The van der Waals surface area contributed by atoms with E-state index in [2.05, 4.69) is 19.8 Å². The number of aromatic nitrogens is 2. The van der Waals surface area contributed by atoms with Gasteiger partial charge in [-0.2, -0.15) is 0 Å². The summed E-state index contributed by atoms with van der Waals surface area (Å²) >= 11 is 6.04. The predicted molar refractivity (Wildman–Crippen MR) is 86.9 cm³/mol. The molecule has 4 rings (SSSR count). The number of fused-ring (bicyclic) bond motifs is 1. The molecule has 7 heteroatoms. The van der Waals surface area contributed by atoms with Crippen molar-refractivity contribution in [3.63, 3.8) is 0 Å². The van der Waals surface area contributed by atoms with Crippen LogP contribution in [-0.2, 0) is 6.42 Å². The number of rotatable bonds is 4. The molecule has 4 heterocycles. The number of pyridine rings is 1. The van der Waals surface area contributed by atoms with Crippen LogP contribution in [0, 0.1) is 0 Å². The lowest BCUT2D eigenvalue weighted by Gasteiger charge is -2.37. The van der Waals surface area contributed by atoms with E-state index < -0.39 is 0 Å². The van der Waals surface area contributed by atoms with E-state index in [-0.39, 0.29) is 0 Å². The van der Waals surface area contributed by atoms with Gasteiger partial charge in [0, 0.05) is 25.6 Å². The number of anilines is 1. The summed E-state index contributed by atoms with van der Waals surface area (Å²) in [6, 6.07) is 4.07. The Hall–Kier alpha value is -1.79. The molecule has 0 aliphatic carbocycles. The molecule has 23 heavy (non-hydrogen) atoms. The van der Waals surface area contributed by atoms with Crippen molar-refractivity contribution < 1.29 is 9.15 Å². The Balaban J connectivity index is 1.41. The molecular weight excluding hydrogens is 316 g/mol. The molecule has 2 aliphatic heterocycles. The Labute approximate surface area is 140 Å². The predicted octanol–water partition coefficient (Wildman–Crippen LogP) is 2.59. The standard InChI is InChI=1S/C16H19ClN4O2/c17-14-4-3-13-16(19-14)21(11-23-13)12-2-1-7-20(10-12)8-5-15-18-6-9-22-15/h3-4,6,9,12H,1-2,5,7-8,10-11H2/t12-/m1/s1. The van der Waals surface area contributed by atoms with Gasteiger partial charge in [0.25, 0.3) is 0 Å². The fourth-order valence-electron chi connectivity index (χ4n) is 3.33. The van der Waals surface area contributed by atoms with Crippen LogP contribution >= 0.6 is 11.6 Å². The zero-order valence-electron chi connectivity index (χ0n) is 12.8. The minimum atomic E-state index is 0.403. The SMILES string of the molecule is Clc1ccc2c(n1)N([C@@H]1CCCN(CCc3ncco3)C1)CO2. The molecule has 1 fully saturated rings. The number of oxazole rings is 1. The molecule has 1 atom stereocenters. The van der Waals surface area contributed by atoms with E-state index in [1.165, 1.54) is 6.42 Å². The third kappa shape index (κ3) is 3.14. The number of likely N-dealkylation sites (tertiary alicyclic amines) is 1. The smallest absolute Gasteiger partial charge is 0.195 e. The normalized spacial score (nSPS) is 21.3. The average Bonchev–Trinajstić information content (AvgIpc) is 3.22. The molecule has 0 radical (unpaired) electrons. The summed E-state index contributed by atoms with van der Waals surface area (Å²) in [6.07, 6.45) is 6.48. The van der Waals surface area contributed by atoms with Gasteiger partial charge in [-0.3, -0.25) is 0 Å². The van der Waals surface area contributed by atoms with E-state index in [9.17, 15) is 0 Å². The third-order valence-corrected chi connectivity index (χ3v) is 4.69. The maximum absolute atomic E-state index is 6.04. The van der Waals surface area contributed by atoms with Gasteiger partial charge in [-0.25, -0.2) is 9.97 Å². The lowest BCUT2D eigenvalue weighted by atomic mass is 10.0. The first-order valence-corrected chi connectivity index (χ1v) is 8.34. The topological polar surface area (TPSA) is 54.6 Å². The monoisotopic (exact) mass is 334 g/mol. The largest absolute Gasteiger partial charge is 0.469 e. The molecule has 0 saturated carbocycles. The van der Waals surface area contributed by atoms with Gasteiger partial charge in [0.15, 0.2) is 24.2 Å². The molecule has 0 aromatic carbocycles. The Morgan fingerprint density at radius 1 is 1.35 bits per heavy atom. The van der Waals surface area contributed by atoms with Crippen LogP contribution in [0.2, 0.25) is 5.15 Å². The molecule has 6 nitrogen and oxygen atoms in total. The van der Waals surface area contributed by atoms with Gasteiger partial charge in [0.05, 0.1) is 6.20 Å². The molecule has 2 aliphatic rings. The summed E-state index contributed by atoms with van der Waals surface area (Å²) in [6.45, 7) is 3.63. The van der Waals surface area contributed by atoms with Crippen LogP contribution in [0.4, 0.5) is 5.82 Å². The number of ether oxygens (including phenoxy) is 1. The quantitative estimate of drug-likeness (QED) is 0.801. The second-order valence-electron chi connectivity index (χ2n) is 5.97. The number of nitrogens with zero attached hydrogens (tertiary/aromatic N) is 4. The summed E-state index contributed by atoms with van der Waals surface area (Å²) in [5.41, 5.74) is 0. The van der Waals surface area contributed by atoms with Crippen molar-refractivity contribution in [2.24, 2.45) is 0 Å². The number of hydrogen-bond donors (Lipinski definition) is 0. The van der Waals surface area contributed by atoms with Crippen molar-refractivity contribution in [2.45, 2.75) is 25.3 Å². The Bertz CT molecular complexity index is 664. The van der Waals surface area contributed by atoms with Crippen molar-refractivity contribution in [1.29, 1.82) is 0 Å². The highest BCUT2D eigenvalue weighted by Crippen LogP contribution is 2.35. The summed E-state index contributed by atoms with van der Waals surface area (Å²) < 4.78 is 11.1. The second-order valence-corrected chi connectivity index (χ2v) is 6.36. The minimum absolute atomic E-state index is 0.403. The maximum atomic E-state index is 6.04. The van der Waals surface area contributed by atoms with E-state index in [0.717, 1.165) is 49.9 Å². The van der Waals surface area contributed by atoms with Crippen LogP contribution in [0.3, 0.4) is 0 Å². The summed E-state index contributed by atoms with van der Waals surface area (Å²) in [7, 11) is 0. The van der Waals surface area contributed by atoms with Crippen molar-refractivity contribution in [1.82, 2.24) is 14.9 Å². The second kappa shape index (κ2) is 6.37. The molecule has 0 N–H and O–H groups in total. The van der Waals surface area contributed by atoms with Gasteiger partial charge in [-0.15, -0.1) is 0 Å². The lowest BCUT2D eigenvalue weighted by Crippen LogP contribution is -2.48. The summed E-state index contributed by atoms with van der Waals surface area (Å²) in [4.78, 5) is 13.3. The van der Waals surface area contributed by atoms with Crippen molar-refractivity contribution in [3.05, 3.63) is 35.6 Å². The van der Waals surface area contributed by atoms with Gasteiger partial charge in [0.1, 0.15) is 11.4 Å². The third-order valence-electron chi connectivity index (χ3n) is 4.48. The maximum Gasteiger partial charge on any atom is 0.195 e. The van der Waals surface area contributed by atoms with E-state index in [0.29, 0.717) is 17.9 Å². The number of piperidine rings is 1. The first-order chi connectivity index (χ1) is 11.3. The minimum Gasteiger partial charge on any atom is -0.469 e. The number of halogens is 1. The fraction of sp³-hybridized carbons (Fsp3) is 0.500. The Morgan fingerprint density at radius 3 is 3.17 bits per heavy atom. The summed E-state index contributed by atoms with van der Waals surface area (Å²) in [5.74, 6) is 2.50. The first-order valence-electron chi connectivity index (χ1n) is 7.96. The van der Waals surface area contributed by atoms with Gasteiger partial charge < -0.3 is 19.0 Å². The van der Waals surface area contributed by atoms with Crippen LogP contribution < -0.4 is 9.64 Å².